The second-order valence-corrected chi connectivity index (χ2v) is 6.88. The molecule has 3 rings (SSSR count). The number of benzene rings is 1. The zero-order chi connectivity index (χ0) is 18.1. The summed E-state index contributed by atoms with van der Waals surface area (Å²) in [7, 11) is 0. The molecule has 134 valence electrons. The summed E-state index contributed by atoms with van der Waals surface area (Å²) < 4.78 is 0. The summed E-state index contributed by atoms with van der Waals surface area (Å²) >= 11 is 0. The zero-order valence-corrected chi connectivity index (χ0v) is 14.5. The maximum absolute atomic E-state index is 12.9. The van der Waals surface area contributed by atoms with E-state index < -0.39 is 6.04 Å². The lowest BCUT2D eigenvalue weighted by Gasteiger charge is -2.29. The van der Waals surface area contributed by atoms with Gasteiger partial charge in [-0.15, -0.1) is 0 Å². The molecule has 1 saturated heterocycles. The molecule has 0 aromatic heterocycles. The third-order valence-corrected chi connectivity index (χ3v) is 5.04. The van der Waals surface area contributed by atoms with Crippen molar-refractivity contribution >= 4 is 17.7 Å². The second-order valence-electron chi connectivity index (χ2n) is 6.88. The van der Waals surface area contributed by atoms with Crippen LogP contribution in [0.5, 0.6) is 0 Å². The van der Waals surface area contributed by atoms with Crippen LogP contribution in [-0.4, -0.2) is 40.7 Å². The van der Waals surface area contributed by atoms with Gasteiger partial charge in [0.15, 0.2) is 0 Å². The van der Waals surface area contributed by atoms with Crippen LogP contribution in [0, 0.1) is 0 Å². The third kappa shape index (κ3) is 3.43. The molecular formula is C18H24N4O3. The molecule has 0 radical (unpaired) electrons. The van der Waals surface area contributed by atoms with Crippen molar-refractivity contribution < 1.29 is 14.4 Å². The maximum Gasteiger partial charge on any atom is 0.255 e. The van der Waals surface area contributed by atoms with E-state index in [1.807, 2.05) is 32.0 Å². The molecule has 1 fully saturated rings. The minimum absolute atomic E-state index is 0.00688. The van der Waals surface area contributed by atoms with Crippen molar-refractivity contribution in [3.8, 4) is 0 Å². The van der Waals surface area contributed by atoms with Gasteiger partial charge in [0.1, 0.15) is 6.04 Å². The number of nitrogens with zero attached hydrogens (tertiary/aromatic N) is 1. The number of fused-ring (bicyclic) bond motifs is 1. The van der Waals surface area contributed by atoms with Crippen LogP contribution in [0.3, 0.4) is 0 Å². The first kappa shape index (κ1) is 17.6. The van der Waals surface area contributed by atoms with Crippen LogP contribution in [0.2, 0.25) is 0 Å². The van der Waals surface area contributed by atoms with Gasteiger partial charge >= 0.3 is 0 Å². The Bertz CT molecular complexity index is 716. The molecule has 3 atom stereocenters. The van der Waals surface area contributed by atoms with Crippen molar-refractivity contribution in [3.05, 3.63) is 34.9 Å². The highest BCUT2D eigenvalue weighted by molar-refractivity contribution is 6.05. The predicted molar refractivity (Wildman–Crippen MR) is 92.4 cm³/mol. The summed E-state index contributed by atoms with van der Waals surface area (Å²) in [5.41, 5.74) is 8.37. The van der Waals surface area contributed by atoms with Crippen molar-refractivity contribution in [2.45, 2.75) is 57.9 Å². The van der Waals surface area contributed by atoms with Crippen molar-refractivity contribution in [2.75, 3.05) is 0 Å². The van der Waals surface area contributed by atoms with Crippen molar-refractivity contribution in [1.29, 1.82) is 0 Å². The normalized spacial score (nSPS) is 22.6. The molecule has 4 N–H and O–H groups in total. The van der Waals surface area contributed by atoms with Crippen molar-refractivity contribution in [1.82, 2.24) is 15.5 Å². The van der Waals surface area contributed by atoms with Crippen LogP contribution >= 0.6 is 0 Å². The van der Waals surface area contributed by atoms with Gasteiger partial charge in [-0.05, 0) is 31.4 Å². The van der Waals surface area contributed by atoms with Crippen LogP contribution in [0.15, 0.2) is 18.2 Å². The first-order valence-corrected chi connectivity index (χ1v) is 8.63. The third-order valence-electron chi connectivity index (χ3n) is 5.04. The Hall–Kier alpha value is -2.25. The van der Waals surface area contributed by atoms with Gasteiger partial charge in [0.05, 0.1) is 0 Å². The van der Waals surface area contributed by atoms with E-state index in [0.29, 0.717) is 25.1 Å². The van der Waals surface area contributed by atoms with Crippen LogP contribution < -0.4 is 16.4 Å². The van der Waals surface area contributed by atoms with Gasteiger partial charge in [-0.1, -0.05) is 18.2 Å². The van der Waals surface area contributed by atoms with E-state index in [-0.39, 0.29) is 36.2 Å². The average molecular weight is 344 g/mol. The quantitative estimate of drug-likeness (QED) is 0.665. The maximum atomic E-state index is 12.9. The molecule has 1 aromatic carbocycles. The monoisotopic (exact) mass is 344 g/mol. The van der Waals surface area contributed by atoms with Crippen LogP contribution in [0.25, 0.3) is 0 Å². The number of rotatable bonds is 5. The second kappa shape index (κ2) is 6.93. The SMILES string of the molecule is C[C@H](NCc1cccc2c1C(=O)N(C1CCC(=O)NC1=O)C2)[C@@H](C)N. The molecular weight excluding hydrogens is 320 g/mol. The number of carbonyl (C=O) groups is 3. The molecule has 2 aliphatic rings. The lowest BCUT2D eigenvalue weighted by molar-refractivity contribution is -0.136. The smallest absolute Gasteiger partial charge is 0.255 e. The van der Waals surface area contributed by atoms with Crippen molar-refractivity contribution in [3.63, 3.8) is 0 Å². The minimum Gasteiger partial charge on any atom is -0.327 e. The van der Waals surface area contributed by atoms with E-state index in [1.165, 1.54) is 0 Å². The Morgan fingerprint density at radius 2 is 2.08 bits per heavy atom. The summed E-state index contributed by atoms with van der Waals surface area (Å²) in [4.78, 5) is 38.0. The Kier molecular flexibility index (Phi) is 4.87. The van der Waals surface area contributed by atoms with Gasteiger partial charge in [0, 0.05) is 37.2 Å². The molecule has 7 nitrogen and oxygen atoms in total. The predicted octanol–water partition coefficient (Wildman–Crippen LogP) is 0.273. The topological polar surface area (TPSA) is 105 Å². The fourth-order valence-corrected chi connectivity index (χ4v) is 3.29. The van der Waals surface area contributed by atoms with Gasteiger partial charge in [-0.3, -0.25) is 19.7 Å². The number of nitrogens with one attached hydrogen (secondary N) is 2. The molecule has 1 aromatic rings. The zero-order valence-electron chi connectivity index (χ0n) is 14.5. The van der Waals surface area contributed by atoms with E-state index in [4.69, 9.17) is 5.73 Å². The number of nitrogens with two attached hydrogens (primary N) is 1. The summed E-state index contributed by atoms with van der Waals surface area (Å²) in [5.74, 6) is -0.807. The number of carbonyl (C=O) groups excluding carboxylic acids is 3. The minimum atomic E-state index is -0.582. The Morgan fingerprint density at radius 1 is 1.32 bits per heavy atom. The van der Waals surface area contributed by atoms with Gasteiger partial charge in [0.25, 0.3) is 5.91 Å². The van der Waals surface area contributed by atoms with E-state index in [2.05, 4.69) is 10.6 Å². The van der Waals surface area contributed by atoms with E-state index in [1.54, 1.807) is 4.90 Å². The molecule has 3 amide bonds. The summed E-state index contributed by atoms with van der Waals surface area (Å²) in [6.07, 6.45) is 0.635. The lowest BCUT2D eigenvalue weighted by Crippen LogP contribution is -2.52. The molecule has 0 spiro atoms. The number of imide groups is 1. The Balaban J connectivity index is 1.78. The highest BCUT2D eigenvalue weighted by Crippen LogP contribution is 2.29. The summed E-state index contributed by atoms with van der Waals surface area (Å²) in [6.45, 7) is 4.88. The van der Waals surface area contributed by atoms with E-state index in [0.717, 1.165) is 11.1 Å². The molecule has 0 bridgehead atoms. The number of hydrogen-bond donors (Lipinski definition) is 3. The molecule has 0 aliphatic carbocycles. The average Bonchev–Trinajstić information content (AvgIpc) is 2.90. The first-order valence-electron chi connectivity index (χ1n) is 8.63. The number of piperidine rings is 1. The number of hydrogen-bond acceptors (Lipinski definition) is 5. The van der Waals surface area contributed by atoms with E-state index in [9.17, 15) is 14.4 Å². The molecule has 1 unspecified atom stereocenters. The fraction of sp³-hybridized carbons (Fsp3) is 0.500. The highest BCUT2D eigenvalue weighted by Gasteiger charge is 2.39. The molecule has 25 heavy (non-hydrogen) atoms. The van der Waals surface area contributed by atoms with Gasteiger partial charge in [-0.2, -0.15) is 0 Å². The molecule has 7 heteroatoms. The molecule has 2 heterocycles. The summed E-state index contributed by atoms with van der Waals surface area (Å²) in [5, 5.41) is 5.66. The molecule has 2 aliphatic heterocycles. The van der Waals surface area contributed by atoms with Crippen LogP contribution in [0.4, 0.5) is 0 Å². The lowest BCUT2D eigenvalue weighted by atomic mass is 10.0. The van der Waals surface area contributed by atoms with Crippen LogP contribution in [0.1, 0.15) is 48.2 Å². The van der Waals surface area contributed by atoms with Gasteiger partial charge in [-0.25, -0.2) is 0 Å². The van der Waals surface area contributed by atoms with Crippen molar-refractivity contribution in [2.24, 2.45) is 5.73 Å². The van der Waals surface area contributed by atoms with Gasteiger partial charge in [0.2, 0.25) is 11.8 Å². The largest absolute Gasteiger partial charge is 0.327 e. The Morgan fingerprint density at radius 3 is 2.76 bits per heavy atom. The Labute approximate surface area is 146 Å². The van der Waals surface area contributed by atoms with E-state index >= 15 is 0 Å². The number of amides is 3. The molecule has 0 saturated carbocycles. The van der Waals surface area contributed by atoms with Gasteiger partial charge < -0.3 is 16.0 Å². The fourth-order valence-electron chi connectivity index (χ4n) is 3.29. The summed E-state index contributed by atoms with van der Waals surface area (Å²) in [6, 6.07) is 5.31. The highest BCUT2D eigenvalue weighted by atomic mass is 16.2. The standard InChI is InChI=1S/C18H24N4O3/c1-10(19)11(2)20-8-12-4-3-5-13-9-22(18(25)16(12)13)14-6-7-15(23)21-17(14)24/h3-5,10-11,14,20H,6-9,19H2,1-2H3,(H,21,23,24)/t10-,11+,14?/m1/s1. The van der Waals surface area contributed by atoms with Crippen LogP contribution in [-0.2, 0) is 22.7 Å². The first-order chi connectivity index (χ1) is 11.9.